The average Bonchev–Trinajstić information content (AvgIpc) is 4.13. The molecule has 1 aromatic heterocycles. The van der Waals surface area contributed by atoms with Gasteiger partial charge in [0.2, 0.25) is 0 Å². The fraction of sp³-hybridized carbons (Fsp3) is 0.362. The van der Waals surface area contributed by atoms with Crippen LogP contribution >= 0.6 is 0 Å². The smallest absolute Gasteiger partial charge is 0.176 e. The number of hydrogen-bond donors (Lipinski definition) is 1. The summed E-state index contributed by atoms with van der Waals surface area (Å²) in [5, 5.41) is 1.61. The molecule has 0 atom stereocenters. The number of benzene rings is 3. The molecule has 0 radical (unpaired) electrons. The number of para-hydroxylation sites is 1. The molecule has 0 spiro atoms. The van der Waals surface area contributed by atoms with Crippen LogP contribution in [0.3, 0.4) is 0 Å². The first-order chi connectivity index (χ1) is 32.4. The number of rotatable bonds is 20. The van der Waals surface area contributed by atoms with Crippen LogP contribution in [0.2, 0.25) is 0 Å². The molecule has 9 heteroatoms. The van der Waals surface area contributed by atoms with Gasteiger partial charge in [-0.05, 0) is 139 Å². The number of fused-ring (bicyclic) bond motifs is 5. The quantitative estimate of drug-likeness (QED) is 0.0952. The van der Waals surface area contributed by atoms with E-state index in [2.05, 4.69) is 127 Å². The second-order valence-electron chi connectivity index (χ2n) is 19.3. The van der Waals surface area contributed by atoms with Crippen LogP contribution in [0.4, 0.5) is 0 Å². The highest BCUT2D eigenvalue weighted by Gasteiger charge is 2.25. The van der Waals surface area contributed by atoms with Crippen LogP contribution in [0.5, 0.6) is 28.7 Å². The predicted octanol–water partition coefficient (Wildman–Crippen LogP) is 12.2. The Hall–Kier alpha value is -6.61. The van der Waals surface area contributed by atoms with E-state index in [0.29, 0.717) is 73.7 Å². The van der Waals surface area contributed by atoms with E-state index in [9.17, 15) is 0 Å². The van der Waals surface area contributed by atoms with Gasteiger partial charge in [0.15, 0.2) is 5.76 Å². The normalized spacial score (nSPS) is 15.4. The second-order valence-corrected chi connectivity index (χ2v) is 19.3. The summed E-state index contributed by atoms with van der Waals surface area (Å²) in [4.78, 5) is 19.7. The number of aromatic nitrogens is 1. The van der Waals surface area contributed by atoms with Gasteiger partial charge in [-0.3, -0.25) is 4.99 Å². The van der Waals surface area contributed by atoms with Crippen molar-refractivity contribution in [3.8, 4) is 28.7 Å². The molecular formula is C58H66N4O5. The first kappa shape index (κ1) is 46.9. The Morgan fingerprint density at radius 3 is 1.58 bits per heavy atom. The molecule has 8 bridgehead atoms. The number of nitrogens with zero attached hydrogens (tertiary/aromatic N) is 3. The highest BCUT2D eigenvalue weighted by molar-refractivity contribution is 6.30. The largest absolute Gasteiger partial charge is 0.493 e. The standard InChI is InChI=1S/C58H66N4O5/c1-37(2)22-26-63-46-30-41(31-47(35-46)64-27-23-38(3)4)56-50-16-14-43(59-50)34-44-15-17-51(60-44)57(42-32-48(65-28-24-39(5)6)36-49(33-42)66-29-25-40(7)8)53-19-21-55(62-53)58(54-20-18-52(56)61-54)67-45-12-10-9-11-13-45/h9-14,16-21,30-40,61H,15,22-29H2,1-8H3. The van der Waals surface area contributed by atoms with E-state index in [1.807, 2.05) is 48.5 Å². The van der Waals surface area contributed by atoms with Gasteiger partial charge in [-0.25, -0.2) is 9.98 Å². The van der Waals surface area contributed by atoms with Gasteiger partial charge in [-0.1, -0.05) is 79.7 Å². The molecule has 0 unspecified atom stereocenters. The SMILES string of the molecule is CC(C)CCOc1cc(OCCC(C)C)cc(C2=C3C=CC(=N3)C(Oc3ccccc3)=c3ccc([nH]3)=C(c3cc(OCCC(C)C)cc(OCCC(C)C)c3)C3=NC(=CC4=NC2=CC4)C=C3)c1. The van der Waals surface area contributed by atoms with Crippen LogP contribution in [0.1, 0.15) is 98.6 Å². The van der Waals surface area contributed by atoms with Gasteiger partial charge in [0, 0.05) is 40.8 Å². The minimum Gasteiger partial charge on any atom is -0.493 e. The van der Waals surface area contributed by atoms with E-state index in [-0.39, 0.29) is 0 Å². The molecule has 3 aromatic carbocycles. The minimum absolute atomic E-state index is 0.515. The van der Waals surface area contributed by atoms with E-state index in [4.69, 9.17) is 38.7 Å². The number of ether oxygens (including phenoxy) is 5. The van der Waals surface area contributed by atoms with E-state index in [1.54, 1.807) is 0 Å². The molecule has 4 aliphatic rings. The van der Waals surface area contributed by atoms with Crippen molar-refractivity contribution < 1.29 is 23.7 Å². The first-order valence-electron chi connectivity index (χ1n) is 24.2. The zero-order valence-corrected chi connectivity index (χ0v) is 40.5. The van der Waals surface area contributed by atoms with Crippen molar-refractivity contribution in [1.82, 2.24) is 4.98 Å². The van der Waals surface area contributed by atoms with Gasteiger partial charge in [0.25, 0.3) is 0 Å². The maximum Gasteiger partial charge on any atom is 0.176 e. The van der Waals surface area contributed by atoms with Crippen molar-refractivity contribution >= 4 is 34.0 Å². The van der Waals surface area contributed by atoms with Crippen molar-refractivity contribution in [1.29, 1.82) is 0 Å². The summed E-state index contributed by atoms with van der Waals surface area (Å²) in [6.45, 7) is 20.1. The molecule has 4 aromatic rings. The summed E-state index contributed by atoms with van der Waals surface area (Å²) < 4.78 is 32.5. The topological polar surface area (TPSA) is 99.0 Å². The van der Waals surface area contributed by atoms with Gasteiger partial charge < -0.3 is 28.7 Å². The zero-order chi connectivity index (χ0) is 46.9. The minimum atomic E-state index is 0.515. The second kappa shape index (κ2) is 21.8. The number of nitrogens with one attached hydrogen (secondary N) is 1. The number of allylic oxidation sites excluding steroid dienone is 6. The summed E-state index contributed by atoms with van der Waals surface area (Å²) in [5.74, 6) is 6.34. The lowest BCUT2D eigenvalue weighted by molar-refractivity contribution is 0.275. The molecule has 0 aliphatic carbocycles. The van der Waals surface area contributed by atoms with Crippen LogP contribution < -0.4 is 34.4 Å². The third kappa shape index (κ3) is 12.4. The Bertz CT molecular complexity index is 2750. The van der Waals surface area contributed by atoms with Crippen LogP contribution in [0.15, 0.2) is 147 Å². The van der Waals surface area contributed by atoms with Crippen molar-refractivity contribution in [2.45, 2.75) is 87.5 Å². The van der Waals surface area contributed by atoms with E-state index in [1.165, 1.54) is 0 Å². The Balaban J connectivity index is 1.33. The number of H-pyrrole nitrogens is 1. The summed E-state index contributed by atoms with van der Waals surface area (Å²) in [5.41, 5.74) is 8.38. The summed E-state index contributed by atoms with van der Waals surface area (Å²) in [7, 11) is 0. The molecule has 0 saturated heterocycles. The number of aliphatic imine (C=N–C) groups is 3. The third-order valence-corrected chi connectivity index (χ3v) is 11.7. The molecule has 8 rings (SSSR count). The summed E-state index contributed by atoms with van der Waals surface area (Å²) >= 11 is 0. The fourth-order valence-corrected chi connectivity index (χ4v) is 7.90. The molecule has 0 fully saturated rings. The van der Waals surface area contributed by atoms with Crippen LogP contribution in [-0.2, 0) is 0 Å². The Kier molecular flexibility index (Phi) is 15.3. The van der Waals surface area contributed by atoms with Gasteiger partial charge in [-0.15, -0.1) is 0 Å². The van der Waals surface area contributed by atoms with Crippen molar-refractivity contribution in [2.24, 2.45) is 38.6 Å². The van der Waals surface area contributed by atoms with Crippen molar-refractivity contribution in [2.75, 3.05) is 26.4 Å². The Morgan fingerprint density at radius 1 is 0.507 bits per heavy atom. The fourth-order valence-electron chi connectivity index (χ4n) is 7.90. The number of aromatic amines is 1. The maximum atomic E-state index is 6.82. The lowest BCUT2D eigenvalue weighted by Crippen LogP contribution is -2.22. The van der Waals surface area contributed by atoms with Gasteiger partial charge in [0.05, 0.1) is 54.6 Å². The molecule has 0 amide bonds. The molecule has 0 saturated carbocycles. The number of hydrogen-bond acceptors (Lipinski definition) is 8. The molecule has 5 heterocycles. The molecule has 1 N–H and O–H groups in total. The highest BCUT2D eigenvalue weighted by Crippen LogP contribution is 2.39. The Labute approximate surface area is 396 Å². The molecule has 9 nitrogen and oxygen atoms in total. The third-order valence-electron chi connectivity index (χ3n) is 11.7. The predicted molar refractivity (Wildman–Crippen MR) is 274 cm³/mol. The van der Waals surface area contributed by atoms with Crippen molar-refractivity contribution in [3.05, 3.63) is 154 Å². The molecule has 4 aliphatic heterocycles. The van der Waals surface area contributed by atoms with Crippen LogP contribution in [0, 0.1) is 23.7 Å². The van der Waals surface area contributed by atoms with E-state index >= 15 is 0 Å². The maximum absolute atomic E-state index is 6.82. The van der Waals surface area contributed by atoms with Crippen molar-refractivity contribution in [3.63, 3.8) is 0 Å². The lowest BCUT2D eigenvalue weighted by Gasteiger charge is -2.16. The van der Waals surface area contributed by atoms with Gasteiger partial charge in [0.1, 0.15) is 34.5 Å². The van der Waals surface area contributed by atoms with Gasteiger partial charge in [-0.2, -0.15) is 0 Å². The molecule has 67 heavy (non-hydrogen) atoms. The van der Waals surface area contributed by atoms with E-state index in [0.717, 1.165) is 110 Å². The van der Waals surface area contributed by atoms with Crippen LogP contribution in [-0.4, -0.2) is 48.5 Å². The molecule has 348 valence electrons. The zero-order valence-electron chi connectivity index (χ0n) is 40.5. The average molecular weight is 899 g/mol. The Morgan fingerprint density at radius 2 is 1.03 bits per heavy atom. The summed E-state index contributed by atoms with van der Waals surface area (Å²) in [6, 6.07) is 26.3. The monoisotopic (exact) mass is 899 g/mol. The first-order valence-corrected chi connectivity index (χ1v) is 24.2. The van der Waals surface area contributed by atoms with Gasteiger partial charge >= 0.3 is 0 Å². The lowest BCUT2D eigenvalue weighted by atomic mass is 9.99. The highest BCUT2D eigenvalue weighted by atomic mass is 16.5. The van der Waals surface area contributed by atoms with Crippen LogP contribution in [0.25, 0.3) is 16.9 Å². The van der Waals surface area contributed by atoms with E-state index < -0.39 is 0 Å². The summed E-state index contributed by atoms with van der Waals surface area (Å²) in [6.07, 6.45) is 16.9. The molecular weight excluding hydrogens is 833 g/mol.